The first-order chi connectivity index (χ1) is 10.3. The largest absolute Gasteiger partial charge is 0.481 e. The van der Waals surface area contributed by atoms with E-state index < -0.39 is 0 Å². The molecular formula is C17H21N3O. The highest BCUT2D eigenvalue weighted by Gasteiger charge is 2.11. The number of nitrogens with zero attached hydrogens (tertiary/aromatic N) is 2. The van der Waals surface area contributed by atoms with Crippen molar-refractivity contribution < 1.29 is 4.74 Å². The molecule has 4 nitrogen and oxygen atoms in total. The predicted molar refractivity (Wildman–Crippen MR) is 86.0 cm³/mol. The van der Waals surface area contributed by atoms with E-state index in [1.165, 1.54) is 37.2 Å². The van der Waals surface area contributed by atoms with Crippen LogP contribution in [0.15, 0.2) is 42.6 Å². The van der Waals surface area contributed by atoms with Gasteiger partial charge in [-0.3, -0.25) is 0 Å². The van der Waals surface area contributed by atoms with Gasteiger partial charge < -0.3 is 15.0 Å². The van der Waals surface area contributed by atoms with Gasteiger partial charge in [0.2, 0.25) is 5.88 Å². The van der Waals surface area contributed by atoms with Crippen LogP contribution in [0.25, 0.3) is 0 Å². The molecule has 1 saturated heterocycles. The third kappa shape index (κ3) is 3.45. The SMILES string of the molecule is COc1ccc(NCc2ccc(N3CCCC3)cc2)cn1. The zero-order valence-corrected chi connectivity index (χ0v) is 12.4. The molecule has 1 fully saturated rings. The van der Waals surface area contributed by atoms with E-state index in [1.807, 2.05) is 12.1 Å². The van der Waals surface area contributed by atoms with Gasteiger partial charge >= 0.3 is 0 Å². The fourth-order valence-corrected chi connectivity index (χ4v) is 2.61. The highest BCUT2D eigenvalue weighted by molar-refractivity contribution is 5.49. The summed E-state index contributed by atoms with van der Waals surface area (Å²) in [6.45, 7) is 3.18. The summed E-state index contributed by atoms with van der Waals surface area (Å²) >= 11 is 0. The van der Waals surface area contributed by atoms with Crippen LogP contribution in [-0.2, 0) is 6.54 Å². The number of rotatable bonds is 5. The minimum atomic E-state index is 0.635. The Morgan fingerprint density at radius 1 is 1.10 bits per heavy atom. The lowest BCUT2D eigenvalue weighted by molar-refractivity contribution is 0.398. The highest BCUT2D eigenvalue weighted by atomic mass is 16.5. The van der Waals surface area contributed by atoms with Crippen molar-refractivity contribution in [1.82, 2.24) is 4.98 Å². The first-order valence-electron chi connectivity index (χ1n) is 7.43. The van der Waals surface area contributed by atoms with Crippen LogP contribution in [0.2, 0.25) is 0 Å². The van der Waals surface area contributed by atoms with Crippen LogP contribution in [0.5, 0.6) is 5.88 Å². The van der Waals surface area contributed by atoms with Gasteiger partial charge in [0.1, 0.15) is 0 Å². The molecule has 1 aliphatic heterocycles. The van der Waals surface area contributed by atoms with Gasteiger partial charge in [-0.25, -0.2) is 4.98 Å². The van der Waals surface area contributed by atoms with Crippen LogP contribution < -0.4 is 15.0 Å². The zero-order valence-electron chi connectivity index (χ0n) is 12.4. The van der Waals surface area contributed by atoms with Crippen molar-refractivity contribution in [3.8, 4) is 5.88 Å². The van der Waals surface area contributed by atoms with Gasteiger partial charge in [0.25, 0.3) is 0 Å². The molecule has 1 aliphatic rings. The fourth-order valence-electron chi connectivity index (χ4n) is 2.61. The Morgan fingerprint density at radius 3 is 2.48 bits per heavy atom. The normalized spacial score (nSPS) is 14.2. The number of benzene rings is 1. The Bertz CT molecular complexity index is 560. The molecule has 0 unspecified atom stereocenters. The van der Waals surface area contributed by atoms with E-state index >= 15 is 0 Å². The number of pyridine rings is 1. The maximum Gasteiger partial charge on any atom is 0.213 e. The van der Waals surface area contributed by atoms with E-state index in [0.29, 0.717) is 5.88 Å². The molecule has 0 saturated carbocycles. The van der Waals surface area contributed by atoms with Crippen molar-refractivity contribution in [2.45, 2.75) is 19.4 Å². The molecule has 0 atom stereocenters. The number of aromatic nitrogens is 1. The number of anilines is 2. The molecule has 3 rings (SSSR count). The average molecular weight is 283 g/mol. The highest BCUT2D eigenvalue weighted by Crippen LogP contribution is 2.21. The van der Waals surface area contributed by atoms with Crippen molar-refractivity contribution in [1.29, 1.82) is 0 Å². The lowest BCUT2D eigenvalue weighted by Crippen LogP contribution is -2.17. The smallest absolute Gasteiger partial charge is 0.213 e. The molecule has 0 spiro atoms. The van der Waals surface area contributed by atoms with Gasteiger partial charge in [0.05, 0.1) is 19.0 Å². The van der Waals surface area contributed by atoms with Crippen molar-refractivity contribution in [2.75, 3.05) is 30.4 Å². The number of nitrogens with one attached hydrogen (secondary N) is 1. The minimum absolute atomic E-state index is 0.635. The van der Waals surface area contributed by atoms with Gasteiger partial charge in [-0.05, 0) is 36.6 Å². The Labute approximate surface area is 125 Å². The van der Waals surface area contributed by atoms with Crippen LogP contribution in [0, 0.1) is 0 Å². The lowest BCUT2D eigenvalue weighted by atomic mass is 10.2. The second-order valence-corrected chi connectivity index (χ2v) is 5.30. The standard InChI is InChI=1S/C17H21N3O/c1-21-17-9-6-15(13-19-17)18-12-14-4-7-16(8-5-14)20-10-2-3-11-20/h4-9,13,18H,2-3,10-12H2,1H3. The van der Waals surface area contributed by atoms with Crippen molar-refractivity contribution >= 4 is 11.4 Å². The summed E-state index contributed by atoms with van der Waals surface area (Å²) in [6, 6.07) is 12.7. The molecule has 0 aliphatic carbocycles. The molecule has 0 amide bonds. The fraction of sp³-hybridized carbons (Fsp3) is 0.353. The molecule has 0 radical (unpaired) electrons. The molecule has 2 aromatic rings. The maximum absolute atomic E-state index is 5.05. The van der Waals surface area contributed by atoms with E-state index in [-0.39, 0.29) is 0 Å². The number of hydrogen-bond donors (Lipinski definition) is 1. The zero-order chi connectivity index (χ0) is 14.5. The van der Waals surface area contributed by atoms with E-state index in [9.17, 15) is 0 Å². The van der Waals surface area contributed by atoms with Crippen LogP contribution in [0.4, 0.5) is 11.4 Å². The van der Waals surface area contributed by atoms with Gasteiger partial charge in [0, 0.05) is 31.4 Å². The third-order valence-corrected chi connectivity index (χ3v) is 3.85. The average Bonchev–Trinajstić information content (AvgIpc) is 3.08. The molecule has 4 heteroatoms. The van der Waals surface area contributed by atoms with Gasteiger partial charge in [-0.15, -0.1) is 0 Å². The predicted octanol–water partition coefficient (Wildman–Crippen LogP) is 3.30. The van der Waals surface area contributed by atoms with Gasteiger partial charge in [-0.2, -0.15) is 0 Å². The maximum atomic E-state index is 5.05. The monoisotopic (exact) mass is 283 g/mol. The quantitative estimate of drug-likeness (QED) is 0.913. The number of methoxy groups -OCH3 is 1. The molecule has 1 N–H and O–H groups in total. The van der Waals surface area contributed by atoms with Crippen molar-refractivity contribution in [2.24, 2.45) is 0 Å². The number of hydrogen-bond acceptors (Lipinski definition) is 4. The van der Waals surface area contributed by atoms with Crippen LogP contribution in [0.1, 0.15) is 18.4 Å². The topological polar surface area (TPSA) is 37.4 Å². The summed E-state index contributed by atoms with van der Waals surface area (Å²) in [5, 5.41) is 3.37. The molecule has 1 aromatic heterocycles. The van der Waals surface area contributed by atoms with E-state index in [1.54, 1.807) is 13.3 Å². The molecular weight excluding hydrogens is 262 g/mol. The Kier molecular flexibility index (Phi) is 4.24. The molecule has 110 valence electrons. The van der Waals surface area contributed by atoms with Crippen molar-refractivity contribution in [3.63, 3.8) is 0 Å². The van der Waals surface area contributed by atoms with Crippen LogP contribution in [0.3, 0.4) is 0 Å². The van der Waals surface area contributed by atoms with Crippen LogP contribution in [-0.4, -0.2) is 25.2 Å². The Morgan fingerprint density at radius 2 is 1.86 bits per heavy atom. The summed E-state index contributed by atoms with van der Waals surface area (Å²) in [4.78, 5) is 6.63. The molecule has 21 heavy (non-hydrogen) atoms. The van der Waals surface area contributed by atoms with E-state index in [0.717, 1.165) is 12.2 Å². The second-order valence-electron chi connectivity index (χ2n) is 5.30. The summed E-state index contributed by atoms with van der Waals surface area (Å²) in [5.74, 6) is 0.635. The minimum Gasteiger partial charge on any atom is -0.481 e. The van der Waals surface area contributed by atoms with E-state index in [4.69, 9.17) is 4.74 Å². The van der Waals surface area contributed by atoms with Gasteiger partial charge in [-0.1, -0.05) is 12.1 Å². The number of ether oxygens (including phenoxy) is 1. The summed E-state index contributed by atoms with van der Waals surface area (Å²) in [5.41, 5.74) is 3.61. The first-order valence-corrected chi connectivity index (χ1v) is 7.43. The molecule has 0 bridgehead atoms. The van der Waals surface area contributed by atoms with E-state index in [2.05, 4.69) is 39.5 Å². The molecule has 2 heterocycles. The second kappa shape index (κ2) is 6.48. The Balaban J connectivity index is 1.57. The lowest BCUT2D eigenvalue weighted by Gasteiger charge is -2.17. The summed E-state index contributed by atoms with van der Waals surface area (Å²) < 4.78 is 5.05. The Hall–Kier alpha value is -2.23. The summed E-state index contributed by atoms with van der Waals surface area (Å²) in [6.07, 6.45) is 4.42. The van der Waals surface area contributed by atoms with Gasteiger partial charge in [0.15, 0.2) is 0 Å². The first kappa shape index (κ1) is 13.7. The molecule has 1 aromatic carbocycles. The van der Waals surface area contributed by atoms with Crippen LogP contribution >= 0.6 is 0 Å². The summed E-state index contributed by atoms with van der Waals surface area (Å²) in [7, 11) is 1.62. The van der Waals surface area contributed by atoms with Crippen molar-refractivity contribution in [3.05, 3.63) is 48.2 Å². The third-order valence-electron chi connectivity index (χ3n) is 3.85.